The predicted molar refractivity (Wildman–Crippen MR) is 74.0 cm³/mol. The second-order valence-electron chi connectivity index (χ2n) is 5.36. The van der Waals surface area contributed by atoms with Crippen molar-refractivity contribution in [3.8, 4) is 0 Å². The minimum Gasteiger partial charge on any atom is -0.464 e. The number of rotatable bonds is 4. The van der Waals surface area contributed by atoms with E-state index in [4.69, 9.17) is 4.42 Å². The highest BCUT2D eigenvalue weighted by Crippen LogP contribution is 2.23. The van der Waals surface area contributed by atoms with Crippen LogP contribution in [0.2, 0.25) is 0 Å². The lowest BCUT2D eigenvalue weighted by molar-refractivity contribution is 0.357. The van der Waals surface area contributed by atoms with Gasteiger partial charge in [-0.05, 0) is 43.9 Å². The smallest absolute Gasteiger partial charge is 0.120 e. The molecule has 102 valence electrons. The van der Waals surface area contributed by atoms with Crippen LogP contribution in [0.3, 0.4) is 0 Å². The number of H-pyrrole nitrogens is 1. The van der Waals surface area contributed by atoms with Crippen molar-refractivity contribution in [3.63, 3.8) is 0 Å². The summed E-state index contributed by atoms with van der Waals surface area (Å²) in [4.78, 5) is 0. The molecule has 4 heteroatoms. The molecule has 2 heterocycles. The van der Waals surface area contributed by atoms with Crippen molar-refractivity contribution in [3.05, 3.63) is 41.1 Å². The summed E-state index contributed by atoms with van der Waals surface area (Å²) in [5.74, 6) is 2.10. The minimum atomic E-state index is 0.263. The fourth-order valence-electron chi connectivity index (χ4n) is 2.81. The van der Waals surface area contributed by atoms with Gasteiger partial charge in [0.15, 0.2) is 0 Å². The molecule has 0 saturated carbocycles. The summed E-state index contributed by atoms with van der Waals surface area (Å²) in [6.07, 6.45) is 6.20. The third kappa shape index (κ3) is 2.59. The maximum atomic E-state index is 5.81. The van der Waals surface area contributed by atoms with Crippen LogP contribution in [-0.4, -0.2) is 16.2 Å². The fourth-order valence-corrected chi connectivity index (χ4v) is 2.81. The molecule has 2 aromatic rings. The number of aryl methyl sites for hydroxylation is 2. The van der Waals surface area contributed by atoms with E-state index in [0.717, 1.165) is 37.2 Å². The van der Waals surface area contributed by atoms with Gasteiger partial charge in [-0.15, -0.1) is 0 Å². The molecular formula is C15H21N3O. The van der Waals surface area contributed by atoms with Gasteiger partial charge in [0.2, 0.25) is 0 Å². The van der Waals surface area contributed by atoms with Gasteiger partial charge in [-0.1, -0.05) is 6.92 Å². The minimum absolute atomic E-state index is 0.263. The summed E-state index contributed by atoms with van der Waals surface area (Å²) in [5, 5.41) is 10.9. The molecule has 0 aromatic carbocycles. The van der Waals surface area contributed by atoms with E-state index in [2.05, 4.69) is 41.5 Å². The van der Waals surface area contributed by atoms with E-state index in [1.807, 2.05) is 6.20 Å². The second-order valence-corrected chi connectivity index (χ2v) is 5.36. The number of nitrogens with zero attached hydrogens (tertiary/aromatic N) is 1. The quantitative estimate of drug-likeness (QED) is 0.887. The molecule has 2 aromatic heterocycles. The van der Waals surface area contributed by atoms with Crippen LogP contribution in [-0.2, 0) is 19.3 Å². The summed E-state index contributed by atoms with van der Waals surface area (Å²) in [7, 11) is 0. The molecule has 0 radical (unpaired) electrons. The zero-order chi connectivity index (χ0) is 13.2. The predicted octanol–water partition coefficient (Wildman–Crippen LogP) is 2.77. The largest absolute Gasteiger partial charge is 0.464 e. The van der Waals surface area contributed by atoms with E-state index < -0.39 is 0 Å². The molecule has 2 atom stereocenters. The van der Waals surface area contributed by atoms with Crippen LogP contribution in [0.15, 0.2) is 22.7 Å². The standard InChI is InChI=1S/C15H21N3O/c1-3-13-5-7-15(19-13)10(2)17-12-4-6-14-11(8-12)9-16-18-14/h5,7,9-10,12,17H,3-4,6,8H2,1-2H3,(H,16,18)/t10-,12+/m0/s1. The molecule has 0 aliphatic heterocycles. The first kappa shape index (κ1) is 12.5. The van der Waals surface area contributed by atoms with Crippen LogP contribution in [0.5, 0.6) is 0 Å². The van der Waals surface area contributed by atoms with Crippen molar-refractivity contribution in [1.29, 1.82) is 0 Å². The molecule has 0 fully saturated rings. The van der Waals surface area contributed by atoms with Crippen LogP contribution < -0.4 is 5.32 Å². The number of hydrogen-bond acceptors (Lipinski definition) is 3. The second kappa shape index (κ2) is 5.21. The van der Waals surface area contributed by atoms with Crippen molar-refractivity contribution in [1.82, 2.24) is 15.5 Å². The van der Waals surface area contributed by atoms with Gasteiger partial charge in [-0.3, -0.25) is 5.10 Å². The maximum Gasteiger partial charge on any atom is 0.120 e. The van der Waals surface area contributed by atoms with Gasteiger partial charge in [0.25, 0.3) is 0 Å². The molecule has 0 saturated heterocycles. The summed E-state index contributed by atoms with van der Waals surface area (Å²) in [5.41, 5.74) is 2.65. The molecule has 1 aliphatic carbocycles. The van der Waals surface area contributed by atoms with Crippen LogP contribution in [0.1, 0.15) is 49.1 Å². The molecule has 3 rings (SSSR count). The number of hydrogen-bond donors (Lipinski definition) is 2. The Hall–Kier alpha value is -1.55. The molecule has 1 aliphatic rings. The summed E-state index contributed by atoms with van der Waals surface area (Å²) in [6.45, 7) is 4.28. The Morgan fingerprint density at radius 3 is 3.21 bits per heavy atom. The van der Waals surface area contributed by atoms with Gasteiger partial charge in [-0.25, -0.2) is 0 Å². The average Bonchev–Trinajstić information content (AvgIpc) is 3.06. The number of aromatic nitrogens is 2. The Labute approximate surface area is 113 Å². The number of furan rings is 1. The van der Waals surface area contributed by atoms with Crippen LogP contribution in [0, 0.1) is 0 Å². The summed E-state index contributed by atoms with van der Waals surface area (Å²) in [6, 6.07) is 4.93. The molecule has 0 amide bonds. The van der Waals surface area contributed by atoms with E-state index in [-0.39, 0.29) is 6.04 Å². The highest BCUT2D eigenvalue weighted by Gasteiger charge is 2.22. The normalized spacial score (nSPS) is 20.2. The Balaban J connectivity index is 1.63. The Kier molecular flexibility index (Phi) is 3.42. The van der Waals surface area contributed by atoms with E-state index in [1.165, 1.54) is 11.3 Å². The first-order valence-corrected chi connectivity index (χ1v) is 7.12. The van der Waals surface area contributed by atoms with Crippen molar-refractivity contribution in [2.45, 2.75) is 51.6 Å². The SMILES string of the molecule is CCc1ccc([C@H](C)N[C@@H]2CCc3[nH]ncc3C2)o1. The zero-order valence-electron chi connectivity index (χ0n) is 11.6. The third-order valence-electron chi connectivity index (χ3n) is 3.96. The van der Waals surface area contributed by atoms with Crippen molar-refractivity contribution < 1.29 is 4.42 Å². The van der Waals surface area contributed by atoms with Crippen LogP contribution in [0.25, 0.3) is 0 Å². The third-order valence-corrected chi connectivity index (χ3v) is 3.96. The van der Waals surface area contributed by atoms with Crippen molar-refractivity contribution in [2.75, 3.05) is 0 Å². The van der Waals surface area contributed by atoms with E-state index in [0.29, 0.717) is 6.04 Å². The highest BCUT2D eigenvalue weighted by atomic mass is 16.3. The lowest BCUT2D eigenvalue weighted by Gasteiger charge is -2.25. The van der Waals surface area contributed by atoms with Crippen molar-refractivity contribution in [2.24, 2.45) is 0 Å². The number of fused-ring (bicyclic) bond motifs is 1. The van der Waals surface area contributed by atoms with Gasteiger partial charge in [0, 0.05) is 18.2 Å². The van der Waals surface area contributed by atoms with Gasteiger partial charge < -0.3 is 9.73 Å². The van der Waals surface area contributed by atoms with Crippen molar-refractivity contribution >= 4 is 0 Å². The summed E-state index contributed by atoms with van der Waals surface area (Å²) >= 11 is 0. The van der Waals surface area contributed by atoms with Crippen LogP contribution in [0.4, 0.5) is 0 Å². The molecule has 0 spiro atoms. The van der Waals surface area contributed by atoms with Gasteiger partial charge in [0.05, 0.1) is 12.2 Å². The molecule has 4 nitrogen and oxygen atoms in total. The highest BCUT2D eigenvalue weighted by molar-refractivity contribution is 5.21. The first-order chi connectivity index (χ1) is 9.26. The first-order valence-electron chi connectivity index (χ1n) is 7.12. The Bertz CT molecular complexity index is 543. The lowest BCUT2D eigenvalue weighted by atomic mass is 9.93. The Morgan fingerprint density at radius 1 is 1.53 bits per heavy atom. The number of nitrogens with one attached hydrogen (secondary N) is 2. The van der Waals surface area contributed by atoms with E-state index in [9.17, 15) is 0 Å². The number of aromatic amines is 1. The molecule has 2 N–H and O–H groups in total. The van der Waals surface area contributed by atoms with Gasteiger partial charge in [-0.2, -0.15) is 5.10 Å². The molecular weight excluding hydrogens is 238 g/mol. The Morgan fingerprint density at radius 2 is 2.42 bits per heavy atom. The average molecular weight is 259 g/mol. The molecule has 0 unspecified atom stereocenters. The lowest BCUT2D eigenvalue weighted by Crippen LogP contribution is -2.36. The van der Waals surface area contributed by atoms with Gasteiger partial charge in [0.1, 0.15) is 11.5 Å². The van der Waals surface area contributed by atoms with Crippen LogP contribution >= 0.6 is 0 Å². The van der Waals surface area contributed by atoms with E-state index >= 15 is 0 Å². The maximum absolute atomic E-state index is 5.81. The molecule has 19 heavy (non-hydrogen) atoms. The molecule has 0 bridgehead atoms. The zero-order valence-corrected chi connectivity index (χ0v) is 11.6. The monoisotopic (exact) mass is 259 g/mol. The summed E-state index contributed by atoms with van der Waals surface area (Å²) < 4.78 is 5.81. The topological polar surface area (TPSA) is 53.9 Å². The van der Waals surface area contributed by atoms with Gasteiger partial charge >= 0.3 is 0 Å². The fraction of sp³-hybridized carbons (Fsp3) is 0.533. The van der Waals surface area contributed by atoms with E-state index in [1.54, 1.807) is 0 Å².